The highest BCUT2D eigenvalue weighted by molar-refractivity contribution is 5.74. The van der Waals surface area contributed by atoms with Crippen molar-refractivity contribution >= 4 is 12.0 Å². The zero-order valence-electron chi connectivity index (χ0n) is 10.5. The van der Waals surface area contributed by atoms with Gasteiger partial charge in [-0.25, -0.2) is 4.79 Å². The Bertz CT molecular complexity index is 285. The number of carbonyl (C=O) groups is 2. The Morgan fingerprint density at radius 2 is 2.22 bits per heavy atom. The molecule has 1 saturated heterocycles. The second kappa shape index (κ2) is 7.88. The molecule has 0 bridgehead atoms. The summed E-state index contributed by atoms with van der Waals surface area (Å²) in [6.07, 6.45) is 0.354. The zero-order chi connectivity index (χ0) is 13.4. The molecular formula is C11H20N2O5. The van der Waals surface area contributed by atoms with Crippen LogP contribution in [-0.4, -0.2) is 55.6 Å². The largest absolute Gasteiger partial charge is 0.481 e. The molecule has 3 N–H and O–H groups in total. The first-order valence-electron chi connectivity index (χ1n) is 6.09. The van der Waals surface area contributed by atoms with Crippen LogP contribution in [0.5, 0.6) is 0 Å². The van der Waals surface area contributed by atoms with Gasteiger partial charge in [0.1, 0.15) is 6.10 Å². The Hall–Kier alpha value is -1.34. The number of carboxylic acid groups (broad SMARTS) is 1. The van der Waals surface area contributed by atoms with Crippen LogP contribution in [-0.2, 0) is 14.3 Å². The van der Waals surface area contributed by atoms with Gasteiger partial charge >= 0.3 is 12.0 Å². The van der Waals surface area contributed by atoms with E-state index in [1.54, 1.807) is 0 Å². The van der Waals surface area contributed by atoms with Crippen LogP contribution in [0.15, 0.2) is 0 Å². The maximum atomic E-state index is 11.5. The van der Waals surface area contributed by atoms with Crippen molar-refractivity contribution in [1.29, 1.82) is 0 Å². The van der Waals surface area contributed by atoms with Gasteiger partial charge in [-0.15, -0.1) is 0 Å². The van der Waals surface area contributed by atoms with Crippen molar-refractivity contribution in [2.75, 3.05) is 26.4 Å². The smallest absolute Gasteiger partial charge is 0.315 e. The van der Waals surface area contributed by atoms with E-state index in [1.165, 1.54) is 0 Å². The minimum Gasteiger partial charge on any atom is -0.481 e. The summed E-state index contributed by atoms with van der Waals surface area (Å²) in [5.74, 6) is -0.863. The second-order valence-corrected chi connectivity index (χ2v) is 4.04. The van der Waals surface area contributed by atoms with Crippen molar-refractivity contribution in [3.8, 4) is 0 Å². The van der Waals surface area contributed by atoms with Crippen molar-refractivity contribution < 1.29 is 24.2 Å². The summed E-state index contributed by atoms with van der Waals surface area (Å²) in [5, 5.41) is 13.8. The summed E-state index contributed by atoms with van der Waals surface area (Å²) < 4.78 is 10.7. The van der Waals surface area contributed by atoms with E-state index < -0.39 is 5.97 Å². The van der Waals surface area contributed by atoms with Gasteiger partial charge in [-0.1, -0.05) is 0 Å². The molecule has 1 rings (SSSR count). The third kappa shape index (κ3) is 5.33. The lowest BCUT2D eigenvalue weighted by Crippen LogP contribution is -2.48. The van der Waals surface area contributed by atoms with Crippen LogP contribution in [0.1, 0.15) is 19.8 Å². The fourth-order valence-electron chi connectivity index (χ4n) is 1.71. The molecule has 0 aromatic heterocycles. The number of urea groups is 1. The number of ether oxygens (including phenoxy) is 2. The highest BCUT2D eigenvalue weighted by Gasteiger charge is 2.29. The standard InChI is InChI=1S/C11H20N2O5/c1-2-18-9-7-17-6-8(9)13-11(16)12-5-3-4-10(14)15/h8-9H,2-7H2,1H3,(H,14,15)(H2,12,13,16)/t8-,9-/m1/s1. The van der Waals surface area contributed by atoms with E-state index in [4.69, 9.17) is 14.6 Å². The molecular weight excluding hydrogens is 240 g/mol. The molecule has 104 valence electrons. The molecule has 0 aliphatic carbocycles. The number of nitrogens with one attached hydrogen (secondary N) is 2. The van der Waals surface area contributed by atoms with Crippen LogP contribution in [0.4, 0.5) is 4.79 Å². The van der Waals surface area contributed by atoms with Gasteiger partial charge in [-0.2, -0.15) is 0 Å². The number of aliphatic carboxylic acids is 1. The number of carboxylic acids is 1. The molecule has 1 aliphatic heterocycles. The number of hydrogen-bond donors (Lipinski definition) is 3. The van der Waals surface area contributed by atoms with Crippen molar-refractivity contribution in [2.45, 2.75) is 31.9 Å². The van der Waals surface area contributed by atoms with Crippen LogP contribution in [0, 0.1) is 0 Å². The van der Waals surface area contributed by atoms with E-state index >= 15 is 0 Å². The normalized spacial score (nSPS) is 22.7. The highest BCUT2D eigenvalue weighted by Crippen LogP contribution is 2.09. The van der Waals surface area contributed by atoms with Crippen LogP contribution in [0.25, 0.3) is 0 Å². The summed E-state index contributed by atoms with van der Waals surface area (Å²) in [4.78, 5) is 21.8. The Morgan fingerprint density at radius 1 is 1.44 bits per heavy atom. The predicted molar refractivity (Wildman–Crippen MR) is 63.4 cm³/mol. The quantitative estimate of drug-likeness (QED) is 0.558. The van der Waals surface area contributed by atoms with E-state index in [2.05, 4.69) is 10.6 Å². The first-order valence-corrected chi connectivity index (χ1v) is 6.09. The van der Waals surface area contributed by atoms with E-state index in [0.717, 1.165) is 0 Å². The van der Waals surface area contributed by atoms with Crippen molar-refractivity contribution in [2.24, 2.45) is 0 Å². The third-order valence-corrected chi connectivity index (χ3v) is 2.58. The second-order valence-electron chi connectivity index (χ2n) is 4.04. The lowest BCUT2D eigenvalue weighted by molar-refractivity contribution is -0.137. The Kier molecular flexibility index (Phi) is 6.45. The van der Waals surface area contributed by atoms with Gasteiger partial charge in [-0.05, 0) is 13.3 Å². The van der Waals surface area contributed by atoms with Gasteiger partial charge in [0.05, 0.1) is 19.3 Å². The lowest BCUT2D eigenvalue weighted by atomic mass is 10.2. The Morgan fingerprint density at radius 3 is 2.89 bits per heavy atom. The molecule has 0 spiro atoms. The maximum absolute atomic E-state index is 11.5. The summed E-state index contributed by atoms with van der Waals surface area (Å²) in [6.45, 7) is 3.73. The Labute approximate surface area is 106 Å². The monoisotopic (exact) mass is 260 g/mol. The summed E-state index contributed by atoms with van der Waals surface area (Å²) in [7, 11) is 0. The molecule has 0 saturated carbocycles. The van der Waals surface area contributed by atoms with E-state index in [-0.39, 0.29) is 24.6 Å². The van der Waals surface area contributed by atoms with Gasteiger partial charge < -0.3 is 25.2 Å². The van der Waals surface area contributed by atoms with E-state index in [1.807, 2.05) is 6.92 Å². The molecule has 1 aliphatic rings. The van der Waals surface area contributed by atoms with Crippen LogP contribution >= 0.6 is 0 Å². The number of rotatable bonds is 7. The van der Waals surface area contributed by atoms with Gasteiger partial charge in [0.25, 0.3) is 0 Å². The average molecular weight is 260 g/mol. The number of amides is 2. The third-order valence-electron chi connectivity index (χ3n) is 2.58. The van der Waals surface area contributed by atoms with Gasteiger partial charge in [0.15, 0.2) is 0 Å². The van der Waals surface area contributed by atoms with Gasteiger partial charge in [-0.3, -0.25) is 4.79 Å². The summed E-state index contributed by atoms with van der Waals surface area (Å²) in [6, 6.07) is -0.468. The predicted octanol–water partition coefficient (Wildman–Crippen LogP) is -0.0457. The minimum atomic E-state index is -0.863. The van der Waals surface area contributed by atoms with Gasteiger partial charge in [0, 0.05) is 19.6 Å². The highest BCUT2D eigenvalue weighted by atomic mass is 16.5. The van der Waals surface area contributed by atoms with Crippen molar-refractivity contribution in [3.63, 3.8) is 0 Å². The fraction of sp³-hybridized carbons (Fsp3) is 0.818. The molecule has 2 atom stereocenters. The van der Waals surface area contributed by atoms with Crippen LogP contribution in [0.2, 0.25) is 0 Å². The first-order chi connectivity index (χ1) is 8.63. The average Bonchev–Trinajstić information content (AvgIpc) is 2.72. The molecule has 1 fully saturated rings. The molecule has 0 aromatic carbocycles. The first kappa shape index (κ1) is 14.7. The van der Waals surface area contributed by atoms with Crippen molar-refractivity contribution in [3.05, 3.63) is 0 Å². The van der Waals surface area contributed by atoms with Crippen LogP contribution in [0.3, 0.4) is 0 Å². The number of hydrogen-bond acceptors (Lipinski definition) is 4. The van der Waals surface area contributed by atoms with E-state index in [9.17, 15) is 9.59 Å². The molecule has 18 heavy (non-hydrogen) atoms. The van der Waals surface area contributed by atoms with Crippen LogP contribution < -0.4 is 10.6 Å². The molecule has 2 amide bonds. The minimum absolute atomic E-state index is 0.0500. The van der Waals surface area contributed by atoms with Crippen molar-refractivity contribution in [1.82, 2.24) is 10.6 Å². The SMILES string of the molecule is CCO[C@@H]1COC[C@H]1NC(=O)NCCCC(=O)O. The van der Waals surface area contributed by atoms with Gasteiger partial charge in [0.2, 0.25) is 0 Å². The molecule has 0 unspecified atom stereocenters. The molecule has 7 nitrogen and oxygen atoms in total. The summed E-state index contributed by atoms with van der Waals surface area (Å²) >= 11 is 0. The maximum Gasteiger partial charge on any atom is 0.315 e. The molecule has 7 heteroatoms. The molecule has 0 radical (unpaired) electrons. The summed E-state index contributed by atoms with van der Waals surface area (Å²) in [5.41, 5.74) is 0. The molecule has 1 heterocycles. The number of carbonyl (C=O) groups excluding carboxylic acids is 1. The topological polar surface area (TPSA) is 96.9 Å². The fourth-order valence-corrected chi connectivity index (χ4v) is 1.71. The lowest BCUT2D eigenvalue weighted by Gasteiger charge is -2.19. The van der Waals surface area contributed by atoms with E-state index in [0.29, 0.717) is 32.8 Å². The molecule has 0 aromatic rings. The zero-order valence-corrected chi connectivity index (χ0v) is 10.5. The Balaban J connectivity index is 2.16.